The first-order valence-electron chi connectivity index (χ1n) is 6.02. The molecule has 0 heterocycles. The molecule has 82 valence electrons. The van der Waals surface area contributed by atoms with E-state index in [4.69, 9.17) is 0 Å². The molecule has 0 radical (unpaired) electrons. The second-order valence-electron chi connectivity index (χ2n) is 4.76. The molecule has 1 fully saturated rings. The van der Waals surface area contributed by atoms with Gasteiger partial charge in [-0.1, -0.05) is 49.1 Å². The molecule has 15 heavy (non-hydrogen) atoms. The summed E-state index contributed by atoms with van der Waals surface area (Å²) in [5.74, 6) is 0.487. The lowest BCUT2D eigenvalue weighted by molar-refractivity contribution is 0.0848. The Morgan fingerprint density at radius 1 is 1.20 bits per heavy atom. The zero-order chi connectivity index (χ0) is 10.7. The number of aliphatic hydroxyl groups excluding tert-OH is 1. The van der Waals surface area contributed by atoms with E-state index in [9.17, 15) is 5.11 Å². The van der Waals surface area contributed by atoms with E-state index < -0.39 is 0 Å². The van der Waals surface area contributed by atoms with Crippen LogP contribution < -0.4 is 0 Å². The van der Waals surface area contributed by atoms with E-state index in [2.05, 4.69) is 19.1 Å². The zero-order valence-electron chi connectivity index (χ0n) is 9.45. The van der Waals surface area contributed by atoms with E-state index >= 15 is 0 Å². The fraction of sp³-hybridized carbons (Fsp3) is 0.571. The van der Waals surface area contributed by atoms with Crippen molar-refractivity contribution in [3.8, 4) is 0 Å². The van der Waals surface area contributed by atoms with Gasteiger partial charge in [-0.2, -0.15) is 0 Å². The molecule has 2 rings (SSSR count). The van der Waals surface area contributed by atoms with Crippen LogP contribution in [0.15, 0.2) is 24.3 Å². The van der Waals surface area contributed by atoms with Crippen molar-refractivity contribution >= 4 is 0 Å². The Morgan fingerprint density at radius 2 is 1.93 bits per heavy atom. The highest BCUT2D eigenvalue weighted by atomic mass is 16.3. The average molecular weight is 204 g/mol. The summed E-state index contributed by atoms with van der Waals surface area (Å²) in [6, 6.07) is 8.28. The predicted molar refractivity (Wildman–Crippen MR) is 62.7 cm³/mol. The first kappa shape index (κ1) is 10.7. The standard InChI is InChI=1S/C14H20O/c1-11-6-5-9-13(10-11)14(15)12-7-3-2-4-8-12/h5-6,9-10,12,14-15H,2-4,7-8H2,1H3/t14-/m1/s1. The number of rotatable bonds is 2. The summed E-state index contributed by atoms with van der Waals surface area (Å²) in [4.78, 5) is 0. The van der Waals surface area contributed by atoms with Gasteiger partial charge in [-0.3, -0.25) is 0 Å². The smallest absolute Gasteiger partial charge is 0.0818 e. The van der Waals surface area contributed by atoms with Gasteiger partial charge in [0.1, 0.15) is 0 Å². The van der Waals surface area contributed by atoms with E-state index in [0.717, 1.165) is 5.56 Å². The Labute approximate surface area is 92.1 Å². The van der Waals surface area contributed by atoms with Crippen molar-refractivity contribution < 1.29 is 5.11 Å². The fourth-order valence-electron chi connectivity index (χ4n) is 2.58. The number of hydrogen-bond acceptors (Lipinski definition) is 1. The molecule has 1 aromatic rings. The summed E-state index contributed by atoms with van der Waals surface area (Å²) in [5, 5.41) is 10.3. The van der Waals surface area contributed by atoms with Crippen LogP contribution in [-0.4, -0.2) is 5.11 Å². The maximum Gasteiger partial charge on any atom is 0.0818 e. The summed E-state index contributed by atoms with van der Waals surface area (Å²) in [6.07, 6.45) is 6.05. The first-order valence-corrected chi connectivity index (χ1v) is 6.02. The minimum Gasteiger partial charge on any atom is -0.388 e. The van der Waals surface area contributed by atoms with Crippen LogP contribution in [0.5, 0.6) is 0 Å². The minimum absolute atomic E-state index is 0.245. The SMILES string of the molecule is Cc1cccc([C@H](O)C2CCCCC2)c1. The van der Waals surface area contributed by atoms with Gasteiger partial charge in [-0.15, -0.1) is 0 Å². The lowest BCUT2D eigenvalue weighted by Gasteiger charge is -2.26. The Kier molecular flexibility index (Phi) is 3.42. The van der Waals surface area contributed by atoms with Crippen LogP contribution in [0.4, 0.5) is 0 Å². The zero-order valence-corrected chi connectivity index (χ0v) is 9.45. The van der Waals surface area contributed by atoms with Crippen LogP contribution in [0.2, 0.25) is 0 Å². The minimum atomic E-state index is -0.245. The van der Waals surface area contributed by atoms with Crippen LogP contribution in [0.25, 0.3) is 0 Å². The second-order valence-corrected chi connectivity index (χ2v) is 4.76. The normalized spacial score (nSPS) is 20.1. The van der Waals surface area contributed by atoms with Crippen molar-refractivity contribution in [3.63, 3.8) is 0 Å². The highest BCUT2D eigenvalue weighted by molar-refractivity contribution is 5.24. The maximum absolute atomic E-state index is 10.3. The largest absolute Gasteiger partial charge is 0.388 e. The van der Waals surface area contributed by atoms with E-state index in [1.54, 1.807) is 0 Å². The van der Waals surface area contributed by atoms with Gasteiger partial charge in [0.15, 0.2) is 0 Å². The number of hydrogen-bond donors (Lipinski definition) is 1. The third-order valence-corrected chi connectivity index (χ3v) is 3.48. The summed E-state index contributed by atoms with van der Waals surface area (Å²) >= 11 is 0. The Morgan fingerprint density at radius 3 is 2.60 bits per heavy atom. The van der Waals surface area contributed by atoms with E-state index in [0.29, 0.717) is 5.92 Å². The van der Waals surface area contributed by atoms with Crippen LogP contribution in [0.1, 0.15) is 49.3 Å². The van der Waals surface area contributed by atoms with E-state index in [1.165, 1.54) is 37.7 Å². The summed E-state index contributed by atoms with van der Waals surface area (Å²) in [7, 11) is 0. The number of aryl methyl sites for hydroxylation is 1. The molecule has 0 unspecified atom stereocenters. The van der Waals surface area contributed by atoms with Gasteiger partial charge in [0.2, 0.25) is 0 Å². The molecular formula is C14H20O. The molecule has 0 spiro atoms. The molecule has 0 saturated heterocycles. The molecule has 1 N–H and O–H groups in total. The van der Waals surface area contributed by atoms with Crippen molar-refractivity contribution in [1.82, 2.24) is 0 Å². The lowest BCUT2D eigenvalue weighted by atomic mass is 9.82. The van der Waals surface area contributed by atoms with Crippen LogP contribution in [0, 0.1) is 12.8 Å². The lowest BCUT2D eigenvalue weighted by Crippen LogP contribution is -2.15. The molecule has 1 aromatic carbocycles. The molecule has 0 amide bonds. The fourth-order valence-corrected chi connectivity index (χ4v) is 2.58. The van der Waals surface area contributed by atoms with Crippen LogP contribution in [-0.2, 0) is 0 Å². The Hall–Kier alpha value is -0.820. The molecule has 1 nitrogen and oxygen atoms in total. The summed E-state index contributed by atoms with van der Waals surface area (Å²) in [5.41, 5.74) is 2.34. The first-order chi connectivity index (χ1) is 7.27. The van der Waals surface area contributed by atoms with Gasteiger partial charge in [-0.25, -0.2) is 0 Å². The maximum atomic E-state index is 10.3. The third-order valence-electron chi connectivity index (χ3n) is 3.48. The van der Waals surface area contributed by atoms with Crippen LogP contribution >= 0.6 is 0 Å². The molecule has 1 aliphatic carbocycles. The van der Waals surface area contributed by atoms with Crippen LogP contribution in [0.3, 0.4) is 0 Å². The Balaban J connectivity index is 2.08. The van der Waals surface area contributed by atoms with Gasteiger partial charge in [0, 0.05) is 0 Å². The average Bonchev–Trinajstić information content (AvgIpc) is 2.29. The highest BCUT2D eigenvalue weighted by Gasteiger charge is 2.22. The molecule has 0 aliphatic heterocycles. The van der Waals surface area contributed by atoms with E-state index in [-0.39, 0.29) is 6.10 Å². The van der Waals surface area contributed by atoms with Gasteiger partial charge in [0.25, 0.3) is 0 Å². The Bertz CT molecular complexity index is 313. The number of aliphatic hydroxyl groups is 1. The molecule has 1 saturated carbocycles. The summed E-state index contributed by atoms with van der Waals surface area (Å²) < 4.78 is 0. The van der Waals surface area contributed by atoms with Crippen molar-refractivity contribution in [2.75, 3.05) is 0 Å². The molecule has 1 heteroatoms. The molecular weight excluding hydrogens is 184 g/mol. The van der Waals surface area contributed by atoms with E-state index in [1.807, 2.05) is 12.1 Å². The van der Waals surface area contributed by atoms with Crippen molar-refractivity contribution in [3.05, 3.63) is 35.4 Å². The van der Waals surface area contributed by atoms with Crippen molar-refractivity contribution in [1.29, 1.82) is 0 Å². The number of benzene rings is 1. The molecule has 0 bridgehead atoms. The second kappa shape index (κ2) is 4.80. The highest BCUT2D eigenvalue weighted by Crippen LogP contribution is 2.34. The van der Waals surface area contributed by atoms with Crippen molar-refractivity contribution in [2.24, 2.45) is 5.92 Å². The van der Waals surface area contributed by atoms with Crippen molar-refractivity contribution in [2.45, 2.75) is 45.1 Å². The molecule has 0 aromatic heterocycles. The topological polar surface area (TPSA) is 20.2 Å². The summed E-state index contributed by atoms with van der Waals surface area (Å²) in [6.45, 7) is 2.08. The van der Waals surface area contributed by atoms with Gasteiger partial charge >= 0.3 is 0 Å². The molecule has 1 atom stereocenters. The van der Waals surface area contributed by atoms with Gasteiger partial charge < -0.3 is 5.11 Å². The van der Waals surface area contributed by atoms with Gasteiger partial charge in [-0.05, 0) is 31.2 Å². The monoisotopic (exact) mass is 204 g/mol. The van der Waals surface area contributed by atoms with Gasteiger partial charge in [0.05, 0.1) is 6.10 Å². The predicted octanol–water partition coefficient (Wildman–Crippen LogP) is 3.61. The quantitative estimate of drug-likeness (QED) is 0.780. The third kappa shape index (κ3) is 2.60. The molecule has 1 aliphatic rings.